The number of aliphatic hydroxyl groups is 1. The van der Waals surface area contributed by atoms with Gasteiger partial charge in [-0.25, -0.2) is 0 Å². The van der Waals surface area contributed by atoms with Crippen LogP contribution >= 0.6 is 0 Å². The molecule has 0 aliphatic heterocycles. The molecule has 2 aromatic carbocycles. The first-order chi connectivity index (χ1) is 12.7. The molecular weight excluding hydrogens is 326 g/mol. The second kappa shape index (κ2) is 9.08. The molecule has 0 bridgehead atoms. The van der Waals surface area contributed by atoms with E-state index in [2.05, 4.69) is 15.3 Å². The van der Waals surface area contributed by atoms with Crippen molar-refractivity contribution in [3.8, 4) is 5.75 Å². The van der Waals surface area contributed by atoms with Crippen LogP contribution in [-0.2, 0) is 6.61 Å². The molecule has 134 valence electrons. The zero-order valence-electron chi connectivity index (χ0n) is 14.7. The molecule has 26 heavy (non-hydrogen) atoms. The van der Waals surface area contributed by atoms with Crippen molar-refractivity contribution in [3.05, 3.63) is 90.0 Å². The Kier molecular flexibility index (Phi) is 6.30. The summed E-state index contributed by atoms with van der Waals surface area (Å²) >= 11 is 0. The first kappa shape index (κ1) is 18.0. The van der Waals surface area contributed by atoms with Gasteiger partial charge < -0.3 is 15.2 Å². The van der Waals surface area contributed by atoms with Crippen molar-refractivity contribution in [3.63, 3.8) is 0 Å². The van der Waals surface area contributed by atoms with E-state index < -0.39 is 6.10 Å². The van der Waals surface area contributed by atoms with Gasteiger partial charge in [-0.15, -0.1) is 0 Å². The number of ether oxygens (including phenoxy) is 1. The number of benzene rings is 2. The molecule has 2 N–H and O–H groups in total. The summed E-state index contributed by atoms with van der Waals surface area (Å²) in [4.78, 5) is 8.34. The van der Waals surface area contributed by atoms with Crippen LogP contribution < -0.4 is 10.1 Å². The molecule has 0 fully saturated rings. The van der Waals surface area contributed by atoms with E-state index in [9.17, 15) is 5.11 Å². The van der Waals surface area contributed by atoms with Crippen LogP contribution in [0.5, 0.6) is 5.75 Å². The number of nitrogens with one attached hydrogen (secondary N) is 1. The van der Waals surface area contributed by atoms with Crippen LogP contribution in [0.2, 0.25) is 0 Å². The van der Waals surface area contributed by atoms with Crippen molar-refractivity contribution in [1.82, 2.24) is 15.3 Å². The zero-order chi connectivity index (χ0) is 18.2. The molecule has 0 saturated carbocycles. The van der Waals surface area contributed by atoms with Gasteiger partial charge in [-0.05, 0) is 30.2 Å². The predicted octanol–water partition coefficient (Wildman–Crippen LogP) is 3.44. The summed E-state index contributed by atoms with van der Waals surface area (Å²) < 4.78 is 5.83. The average Bonchev–Trinajstić information content (AvgIpc) is 2.72. The van der Waals surface area contributed by atoms with E-state index in [0.717, 1.165) is 22.6 Å². The number of hydrogen-bond acceptors (Lipinski definition) is 5. The van der Waals surface area contributed by atoms with Crippen LogP contribution in [0.1, 0.15) is 35.9 Å². The smallest absolute Gasteiger partial charge is 0.120 e. The van der Waals surface area contributed by atoms with Gasteiger partial charge in [-0.2, -0.15) is 0 Å². The maximum Gasteiger partial charge on any atom is 0.120 e. The Balaban J connectivity index is 1.55. The molecule has 5 nitrogen and oxygen atoms in total. The van der Waals surface area contributed by atoms with Crippen LogP contribution in [0.25, 0.3) is 0 Å². The topological polar surface area (TPSA) is 67.3 Å². The second-order valence-electron chi connectivity index (χ2n) is 6.12. The SMILES string of the molecule is CC(NCC(O)c1cccc(OCc2ccccc2)c1)c1cnccn1. The number of hydrogen-bond donors (Lipinski definition) is 2. The van der Waals surface area contributed by atoms with Gasteiger partial charge in [-0.1, -0.05) is 42.5 Å². The van der Waals surface area contributed by atoms with Gasteiger partial charge in [0.05, 0.1) is 11.8 Å². The lowest BCUT2D eigenvalue weighted by atomic mass is 10.1. The maximum absolute atomic E-state index is 10.5. The van der Waals surface area contributed by atoms with Crippen LogP contribution in [0.3, 0.4) is 0 Å². The van der Waals surface area contributed by atoms with Crippen molar-refractivity contribution < 1.29 is 9.84 Å². The third-order valence-electron chi connectivity index (χ3n) is 4.14. The summed E-state index contributed by atoms with van der Waals surface area (Å²) in [5, 5.41) is 13.8. The molecule has 0 saturated heterocycles. The number of rotatable bonds is 8. The van der Waals surface area contributed by atoms with Gasteiger partial charge in [0.25, 0.3) is 0 Å². The summed E-state index contributed by atoms with van der Waals surface area (Å²) in [5.74, 6) is 0.743. The number of aliphatic hydroxyl groups excluding tert-OH is 1. The van der Waals surface area contributed by atoms with E-state index >= 15 is 0 Å². The molecule has 2 atom stereocenters. The highest BCUT2D eigenvalue weighted by Gasteiger charge is 2.12. The van der Waals surface area contributed by atoms with Gasteiger partial charge in [0.15, 0.2) is 0 Å². The molecule has 3 aromatic rings. The van der Waals surface area contributed by atoms with E-state index in [0.29, 0.717) is 13.2 Å². The quantitative estimate of drug-likeness (QED) is 0.652. The molecular formula is C21H23N3O2. The van der Waals surface area contributed by atoms with E-state index in [1.165, 1.54) is 0 Å². The number of nitrogens with zero attached hydrogens (tertiary/aromatic N) is 2. The van der Waals surface area contributed by atoms with Crippen molar-refractivity contribution in [2.24, 2.45) is 0 Å². The van der Waals surface area contributed by atoms with Gasteiger partial charge in [0.1, 0.15) is 12.4 Å². The fourth-order valence-electron chi connectivity index (χ4n) is 2.60. The van der Waals surface area contributed by atoms with Gasteiger partial charge in [-0.3, -0.25) is 9.97 Å². The minimum absolute atomic E-state index is 0.0101. The molecule has 2 unspecified atom stereocenters. The Morgan fingerprint density at radius 2 is 1.92 bits per heavy atom. The van der Waals surface area contributed by atoms with E-state index in [-0.39, 0.29) is 6.04 Å². The molecule has 0 aliphatic carbocycles. The monoisotopic (exact) mass is 349 g/mol. The highest BCUT2D eigenvalue weighted by Crippen LogP contribution is 2.20. The third kappa shape index (κ3) is 5.12. The minimum atomic E-state index is -0.630. The standard InChI is InChI=1S/C21H23N3O2/c1-16(20-13-22-10-11-23-20)24-14-21(25)18-8-5-9-19(12-18)26-15-17-6-3-2-4-7-17/h2-13,16,21,24-25H,14-15H2,1H3. The van der Waals surface area contributed by atoms with E-state index in [1.54, 1.807) is 18.6 Å². The molecule has 5 heteroatoms. The lowest BCUT2D eigenvalue weighted by molar-refractivity contribution is 0.170. The highest BCUT2D eigenvalue weighted by molar-refractivity contribution is 5.30. The Morgan fingerprint density at radius 1 is 1.08 bits per heavy atom. The van der Waals surface area contributed by atoms with Gasteiger partial charge in [0, 0.05) is 31.2 Å². The molecule has 3 rings (SSSR count). The molecule has 0 amide bonds. The Hall–Kier alpha value is -2.76. The Bertz CT molecular complexity index is 797. The van der Waals surface area contributed by atoms with Crippen molar-refractivity contribution in [1.29, 1.82) is 0 Å². The van der Waals surface area contributed by atoms with Crippen molar-refractivity contribution in [2.45, 2.75) is 25.7 Å². The first-order valence-electron chi connectivity index (χ1n) is 8.66. The highest BCUT2D eigenvalue weighted by atomic mass is 16.5. The summed E-state index contributed by atoms with van der Waals surface area (Å²) in [5.41, 5.74) is 2.77. The van der Waals surface area contributed by atoms with E-state index in [1.807, 2.05) is 61.5 Å². The predicted molar refractivity (Wildman–Crippen MR) is 101 cm³/mol. The zero-order valence-corrected chi connectivity index (χ0v) is 14.7. The van der Waals surface area contributed by atoms with Crippen molar-refractivity contribution in [2.75, 3.05) is 6.54 Å². The third-order valence-corrected chi connectivity index (χ3v) is 4.14. The van der Waals surface area contributed by atoms with Crippen molar-refractivity contribution >= 4 is 0 Å². The largest absolute Gasteiger partial charge is 0.489 e. The normalized spacial score (nSPS) is 13.2. The Labute approximate surface area is 153 Å². The summed E-state index contributed by atoms with van der Waals surface area (Å²) in [6.45, 7) is 2.92. The summed E-state index contributed by atoms with van der Waals surface area (Å²) in [6, 6.07) is 17.6. The molecule has 1 heterocycles. The lowest BCUT2D eigenvalue weighted by Crippen LogP contribution is -2.25. The van der Waals surface area contributed by atoms with Crippen LogP contribution in [0.4, 0.5) is 0 Å². The van der Waals surface area contributed by atoms with Crippen LogP contribution in [0, 0.1) is 0 Å². The molecule has 0 aliphatic rings. The second-order valence-corrected chi connectivity index (χ2v) is 6.12. The Morgan fingerprint density at radius 3 is 2.69 bits per heavy atom. The molecule has 1 aromatic heterocycles. The lowest BCUT2D eigenvalue weighted by Gasteiger charge is -2.17. The van der Waals surface area contributed by atoms with Crippen LogP contribution in [-0.4, -0.2) is 21.6 Å². The summed E-state index contributed by atoms with van der Waals surface area (Å²) in [7, 11) is 0. The minimum Gasteiger partial charge on any atom is -0.489 e. The molecule has 0 spiro atoms. The first-order valence-corrected chi connectivity index (χ1v) is 8.66. The average molecular weight is 349 g/mol. The maximum atomic E-state index is 10.5. The molecule has 0 radical (unpaired) electrons. The van der Waals surface area contributed by atoms with Gasteiger partial charge >= 0.3 is 0 Å². The van der Waals surface area contributed by atoms with Gasteiger partial charge in [0.2, 0.25) is 0 Å². The fourth-order valence-corrected chi connectivity index (χ4v) is 2.60. The summed E-state index contributed by atoms with van der Waals surface area (Å²) in [6.07, 6.45) is 4.40. The number of aromatic nitrogens is 2. The fraction of sp³-hybridized carbons (Fsp3) is 0.238. The van der Waals surface area contributed by atoms with Crippen LogP contribution in [0.15, 0.2) is 73.2 Å². The van der Waals surface area contributed by atoms with E-state index in [4.69, 9.17) is 4.74 Å².